The topological polar surface area (TPSA) is 66.8 Å². The van der Waals surface area contributed by atoms with E-state index in [-0.39, 0.29) is 11.7 Å². The lowest BCUT2D eigenvalue weighted by molar-refractivity contribution is -0.150. The number of phenols is 1. The van der Waals surface area contributed by atoms with Crippen molar-refractivity contribution in [2.45, 2.75) is 18.9 Å². The molecule has 1 aromatic carbocycles. The minimum atomic E-state index is -0.836. The first kappa shape index (κ1) is 11.0. The molecule has 0 bridgehead atoms. The first-order valence-electron chi connectivity index (χ1n) is 5.21. The van der Waals surface area contributed by atoms with Gasteiger partial charge >= 0.3 is 5.97 Å². The largest absolute Gasteiger partial charge is 0.508 e. The van der Waals surface area contributed by atoms with Crippen LogP contribution in [0.15, 0.2) is 18.2 Å². The number of aliphatic hydroxyl groups is 1. The second-order valence-electron chi connectivity index (χ2n) is 4.00. The van der Waals surface area contributed by atoms with Gasteiger partial charge in [0.25, 0.3) is 0 Å². The summed E-state index contributed by atoms with van der Waals surface area (Å²) in [7, 11) is 1.32. The maximum Gasteiger partial charge on any atom is 0.311 e. The van der Waals surface area contributed by atoms with Gasteiger partial charge in [-0.05, 0) is 36.1 Å². The van der Waals surface area contributed by atoms with E-state index < -0.39 is 12.0 Å². The first-order valence-corrected chi connectivity index (χ1v) is 5.21. The minimum Gasteiger partial charge on any atom is -0.508 e. The van der Waals surface area contributed by atoms with E-state index >= 15 is 0 Å². The number of aliphatic hydroxyl groups excluding tert-OH is 1. The summed E-state index contributed by atoms with van der Waals surface area (Å²) in [5, 5.41) is 19.4. The fourth-order valence-corrected chi connectivity index (χ4v) is 2.18. The fourth-order valence-electron chi connectivity index (χ4n) is 2.18. The van der Waals surface area contributed by atoms with E-state index in [1.165, 1.54) is 13.2 Å². The summed E-state index contributed by atoms with van der Waals surface area (Å²) >= 11 is 0. The second kappa shape index (κ2) is 4.14. The molecule has 0 fully saturated rings. The number of benzene rings is 1. The molecule has 86 valence electrons. The Hall–Kier alpha value is -1.55. The van der Waals surface area contributed by atoms with Gasteiger partial charge in [0.1, 0.15) is 5.75 Å². The molecule has 2 atom stereocenters. The Labute approximate surface area is 93.5 Å². The first-order chi connectivity index (χ1) is 7.63. The van der Waals surface area contributed by atoms with Gasteiger partial charge in [-0.3, -0.25) is 4.79 Å². The van der Waals surface area contributed by atoms with Gasteiger partial charge in [0.2, 0.25) is 0 Å². The number of carbonyl (C=O) groups excluding carboxylic acids is 1. The predicted octanol–water partition coefficient (Wildman–Crippen LogP) is 1.16. The Bertz CT molecular complexity index is 413. The number of rotatable bonds is 1. The van der Waals surface area contributed by atoms with Crippen LogP contribution in [0, 0.1) is 5.92 Å². The Morgan fingerprint density at radius 1 is 1.50 bits per heavy atom. The molecule has 0 aliphatic heterocycles. The third-order valence-corrected chi connectivity index (χ3v) is 3.05. The minimum absolute atomic E-state index is 0.183. The molecule has 0 radical (unpaired) electrons. The Morgan fingerprint density at radius 3 is 2.94 bits per heavy atom. The van der Waals surface area contributed by atoms with Crippen molar-refractivity contribution in [3.63, 3.8) is 0 Å². The van der Waals surface area contributed by atoms with Gasteiger partial charge in [0.15, 0.2) is 0 Å². The number of hydrogen-bond donors (Lipinski definition) is 2. The molecule has 2 rings (SSSR count). The summed E-state index contributed by atoms with van der Waals surface area (Å²) in [6, 6.07) is 4.80. The molecule has 0 aromatic heterocycles. The average molecular weight is 222 g/mol. The van der Waals surface area contributed by atoms with E-state index in [1.54, 1.807) is 12.1 Å². The van der Waals surface area contributed by atoms with Crippen LogP contribution in [-0.4, -0.2) is 23.3 Å². The number of methoxy groups -OCH3 is 1. The van der Waals surface area contributed by atoms with E-state index in [0.717, 1.165) is 5.56 Å². The third kappa shape index (κ3) is 1.76. The quantitative estimate of drug-likeness (QED) is 0.700. The number of aromatic hydroxyl groups is 1. The van der Waals surface area contributed by atoms with E-state index in [9.17, 15) is 15.0 Å². The SMILES string of the molecule is COC(=O)C1CCc2cc(O)ccc2C1O. The standard InChI is InChI=1S/C12H14O4/c1-16-12(15)10-4-2-7-6-8(13)3-5-9(7)11(10)14/h3,5-6,10-11,13-14H,2,4H2,1H3. The van der Waals surface area contributed by atoms with E-state index in [0.29, 0.717) is 18.4 Å². The zero-order valence-electron chi connectivity index (χ0n) is 9.01. The molecule has 16 heavy (non-hydrogen) atoms. The number of aryl methyl sites for hydroxylation is 1. The monoisotopic (exact) mass is 222 g/mol. The van der Waals surface area contributed by atoms with Crippen LogP contribution in [-0.2, 0) is 16.0 Å². The summed E-state index contributed by atoms with van der Waals surface area (Å²) in [6.45, 7) is 0. The van der Waals surface area contributed by atoms with Crippen molar-refractivity contribution in [2.24, 2.45) is 5.92 Å². The van der Waals surface area contributed by atoms with E-state index in [2.05, 4.69) is 4.74 Å². The fraction of sp³-hybridized carbons (Fsp3) is 0.417. The number of phenolic OH excluding ortho intramolecular Hbond substituents is 1. The zero-order valence-corrected chi connectivity index (χ0v) is 9.01. The predicted molar refractivity (Wildman–Crippen MR) is 56.9 cm³/mol. The molecule has 0 heterocycles. The van der Waals surface area contributed by atoms with Crippen molar-refractivity contribution in [3.05, 3.63) is 29.3 Å². The lowest BCUT2D eigenvalue weighted by Gasteiger charge is -2.28. The maximum atomic E-state index is 11.4. The van der Waals surface area contributed by atoms with Gasteiger partial charge in [0, 0.05) is 0 Å². The molecule has 0 spiro atoms. The third-order valence-electron chi connectivity index (χ3n) is 3.05. The molecule has 1 aliphatic rings. The highest BCUT2D eigenvalue weighted by Crippen LogP contribution is 2.36. The van der Waals surface area contributed by atoms with Crippen LogP contribution in [0.5, 0.6) is 5.75 Å². The Morgan fingerprint density at radius 2 is 2.25 bits per heavy atom. The summed E-state index contributed by atoms with van der Waals surface area (Å²) < 4.78 is 4.65. The van der Waals surface area contributed by atoms with Crippen LogP contribution in [0.4, 0.5) is 0 Å². The van der Waals surface area contributed by atoms with Crippen molar-refractivity contribution in [3.8, 4) is 5.75 Å². The van der Waals surface area contributed by atoms with Gasteiger partial charge < -0.3 is 14.9 Å². The summed E-state index contributed by atoms with van der Waals surface area (Å²) in [5.41, 5.74) is 1.60. The van der Waals surface area contributed by atoms with Gasteiger partial charge in [-0.25, -0.2) is 0 Å². The van der Waals surface area contributed by atoms with Gasteiger partial charge in [-0.1, -0.05) is 6.07 Å². The molecule has 4 heteroatoms. The van der Waals surface area contributed by atoms with Gasteiger partial charge in [0.05, 0.1) is 19.1 Å². The Kier molecular flexibility index (Phi) is 2.83. The molecule has 0 saturated carbocycles. The molecule has 0 amide bonds. The molecular formula is C12H14O4. The van der Waals surface area contributed by atoms with Crippen molar-refractivity contribution in [2.75, 3.05) is 7.11 Å². The van der Waals surface area contributed by atoms with Gasteiger partial charge in [-0.15, -0.1) is 0 Å². The average Bonchev–Trinajstić information content (AvgIpc) is 2.28. The van der Waals surface area contributed by atoms with Crippen LogP contribution in [0.1, 0.15) is 23.7 Å². The number of fused-ring (bicyclic) bond motifs is 1. The zero-order chi connectivity index (χ0) is 11.7. The van der Waals surface area contributed by atoms with Crippen LogP contribution in [0.25, 0.3) is 0 Å². The normalized spacial score (nSPS) is 23.6. The van der Waals surface area contributed by atoms with Crippen LogP contribution >= 0.6 is 0 Å². The highest BCUT2D eigenvalue weighted by Gasteiger charge is 2.33. The van der Waals surface area contributed by atoms with Crippen molar-refractivity contribution in [1.29, 1.82) is 0 Å². The molecule has 1 aliphatic carbocycles. The van der Waals surface area contributed by atoms with Crippen molar-refractivity contribution >= 4 is 5.97 Å². The van der Waals surface area contributed by atoms with Gasteiger partial charge in [-0.2, -0.15) is 0 Å². The lowest BCUT2D eigenvalue weighted by atomic mass is 9.81. The van der Waals surface area contributed by atoms with E-state index in [4.69, 9.17) is 0 Å². The number of hydrogen-bond acceptors (Lipinski definition) is 4. The summed E-state index contributed by atoms with van der Waals surface area (Å²) in [6.07, 6.45) is 0.377. The Balaban J connectivity index is 2.32. The second-order valence-corrected chi connectivity index (χ2v) is 4.00. The lowest BCUT2D eigenvalue weighted by Crippen LogP contribution is -2.28. The molecule has 1 aromatic rings. The molecule has 0 saturated heterocycles. The smallest absolute Gasteiger partial charge is 0.311 e. The summed E-state index contributed by atoms with van der Waals surface area (Å²) in [5.74, 6) is -0.698. The summed E-state index contributed by atoms with van der Waals surface area (Å²) in [4.78, 5) is 11.4. The highest BCUT2D eigenvalue weighted by atomic mass is 16.5. The molecule has 4 nitrogen and oxygen atoms in total. The number of esters is 1. The number of ether oxygens (including phenoxy) is 1. The van der Waals surface area contributed by atoms with Crippen LogP contribution in [0.3, 0.4) is 0 Å². The van der Waals surface area contributed by atoms with Crippen LogP contribution in [0.2, 0.25) is 0 Å². The van der Waals surface area contributed by atoms with E-state index in [1.807, 2.05) is 0 Å². The number of carbonyl (C=O) groups is 1. The highest BCUT2D eigenvalue weighted by molar-refractivity contribution is 5.74. The molecule has 2 unspecified atom stereocenters. The van der Waals surface area contributed by atoms with Crippen molar-refractivity contribution in [1.82, 2.24) is 0 Å². The van der Waals surface area contributed by atoms with Crippen molar-refractivity contribution < 1.29 is 19.7 Å². The van der Waals surface area contributed by atoms with Crippen LogP contribution < -0.4 is 0 Å². The molecular weight excluding hydrogens is 208 g/mol. The maximum absolute atomic E-state index is 11.4. The molecule has 2 N–H and O–H groups in total.